The quantitative estimate of drug-likeness (QED) is 0.368. The molecule has 2 heteroatoms. The first-order chi connectivity index (χ1) is 7.10. The third kappa shape index (κ3) is 6.99. The van der Waals surface area contributed by atoms with Crippen LogP contribution in [0.2, 0.25) is 0 Å². The highest BCUT2D eigenvalue weighted by molar-refractivity contribution is 9.09. The fourth-order valence-electron chi connectivity index (χ4n) is 2.17. The minimum absolute atomic E-state index is 0.488. The standard InChI is InChI=1S/C13H26Br2/c1-4-5-6-7-8-13(10-14,11-15)9-12(2)3/h12H,4-11H2,1-3H3. The van der Waals surface area contributed by atoms with E-state index in [1.807, 2.05) is 0 Å². The van der Waals surface area contributed by atoms with Crippen LogP contribution in [0.4, 0.5) is 0 Å². The van der Waals surface area contributed by atoms with Gasteiger partial charge in [-0.15, -0.1) is 0 Å². The predicted molar refractivity (Wildman–Crippen MR) is 78.2 cm³/mol. The van der Waals surface area contributed by atoms with E-state index in [9.17, 15) is 0 Å². The van der Waals surface area contributed by atoms with E-state index in [0.717, 1.165) is 16.6 Å². The molecule has 0 fully saturated rings. The van der Waals surface area contributed by atoms with Crippen molar-refractivity contribution in [2.45, 2.75) is 59.3 Å². The summed E-state index contributed by atoms with van der Waals surface area (Å²) >= 11 is 7.40. The van der Waals surface area contributed by atoms with Crippen LogP contribution in [0.25, 0.3) is 0 Å². The fourth-order valence-corrected chi connectivity index (χ4v) is 4.12. The summed E-state index contributed by atoms with van der Waals surface area (Å²) in [6.45, 7) is 6.93. The van der Waals surface area contributed by atoms with E-state index in [2.05, 4.69) is 52.6 Å². The minimum Gasteiger partial charge on any atom is -0.0922 e. The second-order valence-corrected chi connectivity index (χ2v) is 6.30. The van der Waals surface area contributed by atoms with E-state index in [1.54, 1.807) is 0 Å². The average Bonchev–Trinajstić information content (AvgIpc) is 2.22. The van der Waals surface area contributed by atoms with E-state index in [4.69, 9.17) is 0 Å². The zero-order valence-electron chi connectivity index (χ0n) is 10.5. The van der Waals surface area contributed by atoms with Crippen LogP contribution in [-0.2, 0) is 0 Å². The number of hydrogen-bond donors (Lipinski definition) is 0. The van der Waals surface area contributed by atoms with Gasteiger partial charge in [-0.3, -0.25) is 0 Å². The predicted octanol–water partition coefficient (Wildman–Crippen LogP) is 5.78. The van der Waals surface area contributed by atoms with Crippen molar-refractivity contribution in [3.63, 3.8) is 0 Å². The summed E-state index contributed by atoms with van der Waals surface area (Å²) in [4.78, 5) is 0. The van der Waals surface area contributed by atoms with Gasteiger partial charge in [0, 0.05) is 10.7 Å². The topological polar surface area (TPSA) is 0 Å². The average molecular weight is 342 g/mol. The molecule has 0 aliphatic heterocycles. The molecule has 0 aliphatic carbocycles. The van der Waals surface area contributed by atoms with Crippen LogP contribution in [0.5, 0.6) is 0 Å². The van der Waals surface area contributed by atoms with Gasteiger partial charge < -0.3 is 0 Å². The molecule has 0 aromatic heterocycles. The second kappa shape index (κ2) is 9.04. The molecule has 0 amide bonds. The zero-order chi connectivity index (χ0) is 11.7. The van der Waals surface area contributed by atoms with Crippen molar-refractivity contribution in [2.75, 3.05) is 10.7 Å². The summed E-state index contributed by atoms with van der Waals surface area (Å²) in [5.74, 6) is 0.797. The van der Waals surface area contributed by atoms with Gasteiger partial charge in [-0.05, 0) is 24.2 Å². The first-order valence-corrected chi connectivity index (χ1v) is 8.46. The maximum absolute atomic E-state index is 3.70. The van der Waals surface area contributed by atoms with Crippen LogP contribution in [-0.4, -0.2) is 10.7 Å². The SMILES string of the molecule is CCCCCCC(CBr)(CBr)CC(C)C. The van der Waals surface area contributed by atoms with Gasteiger partial charge in [0.2, 0.25) is 0 Å². The lowest BCUT2D eigenvalue weighted by Crippen LogP contribution is -2.26. The highest BCUT2D eigenvalue weighted by Gasteiger charge is 2.27. The highest BCUT2D eigenvalue weighted by Crippen LogP contribution is 2.36. The number of rotatable bonds is 9. The molecular weight excluding hydrogens is 316 g/mol. The molecule has 0 rings (SSSR count). The Labute approximate surface area is 113 Å². The van der Waals surface area contributed by atoms with Crippen molar-refractivity contribution >= 4 is 31.9 Å². The summed E-state index contributed by atoms with van der Waals surface area (Å²) in [5, 5.41) is 2.27. The smallest absolute Gasteiger partial charge is 0.00960 e. The molecule has 0 aliphatic rings. The lowest BCUT2D eigenvalue weighted by Gasteiger charge is -2.32. The van der Waals surface area contributed by atoms with Gasteiger partial charge in [-0.1, -0.05) is 78.3 Å². The Bertz CT molecular complexity index is 139. The molecule has 0 saturated heterocycles. The molecular formula is C13H26Br2. The molecule has 0 aromatic rings. The van der Waals surface area contributed by atoms with Crippen LogP contribution in [0, 0.1) is 11.3 Å². The molecule has 0 unspecified atom stereocenters. The molecule has 15 heavy (non-hydrogen) atoms. The Kier molecular flexibility index (Phi) is 9.62. The molecule has 0 aromatic carbocycles. The third-order valence-corrected chi connectivity index (χ3v) is 5.35. The maximum Gasteiger partial charge on any atom is 0.00960 e. The Hall–Kier alpha value is 0.960. The summed E-state index contributed by atoms with van der Waals surface area (Å²) in [6, 6.07) is 0. The number of halogens is 2. The Morgan fingerprint density at radius 3 is 2.00 bits per heavy atom. The lowest BCUT2D eigenvalue weighted by atomic mass is 9.79. The lowest BCUT2D eigenvalue weighted by molar-refractivity contribution is 0.274. The molecule has 0 bridgehead atoms. The molecule has 0 atom stereocenters. The van der Waals surface area contributed by atoms with Crippen LogP contribution < -0.4 is 0 Å². The first-order valence-electron chi connectivity index (χ1n) is 6.22. The molecule has 0 nitrogen and oxygen atoms in total. The molecule has 0 spiro atoms. The normalized spacial score (nSPS) is 12.4. The molecule has 0 radical (unpaired) electrons. The fraction of sp³-hybridized carbons (Fsp3) is 1.00. The van der Waals surface area contributed by atoms with Gasteiger partial charge in [-0.25, -0.2) is 0 Å². The number of hydrogen-bond acceptors (Lipinski definition) is 0. The molecule has 0 saturated carbocycles. The van der Waals surface area contributed by atoms with Crippen molar-refractivity contribution in [2.24, 2.45) is 11.3 Å². The first kappa shape index (κ1) is 16.0. The van der Waals surface area contributed by atoms with Crippen molar-refractivity contribution in [1.29, 1.82) is 0 Å². The summed E-state index contributed by atoms with van der Waals surface area (Å²) in [7, 11) is 0. The van der Waals surface area contributed by atoms with Gasteiger partial charge in [-0.2, -0.15) is 0 Å². The van der Waals surface area contributed by atoms with Gasteiger partial charge in [0.25, 0.3) is 0 Å². The van der Waals surface area contributed by atoms with Crippen molar-refractivity contribution in [1.82, 2.24) is 0 Å². The Morgan fingerprint density at radius 2 is 1.60 bits per heavy atom. The Balaban J connectivity index is 4.00. The van der Waals surface area contributed by atoms with E-state index >= 15 is 0 Å². The summed E-state index contributed by atoms with van der Waals surface area (Å²) in [6.07, 6.45) is 8.20. The minimum atomic E-state index is 0.488. The second-order valence-electron chi connectivity index (χ2n) is 5.18. The summed E-state index contributed by atoms with van der Waals surface area (Å²) in [5.41, 5.74) is 0.488. The highest BCUT2D eigenvalue weighted by atomic mass is 79.9. The molecule has 0 N–H and O–H groups in total. The maximum atomic E-state index is 3.70. The van der Waals surface area contributed by atoms with Crippen LogP contribution >= 0.6 is 31.9 Å². The van der Waals surface area contributed by atoms with Crippen molar-refractivity contribution in [3.8, 4) is 0 Å². The number of alkyl halides is 2. The number of unbranched alkanes of at least 4 members (excludes halogenated alkanes) is 3. The largest absolute Gasteiger partial charge is 0.0922 e. The van der Waals surface area contributed by atoms with Crippen molar-refractivity contribution < 1.29 is 0 Å². The Morgan fingerprint density at radius 1 is 1.00 bits per heavy atom. The monoisotopic (exact) mass is 340 g/mol. The van der Waals surface area contributed by atoms with Gasteiger partial charge in [0.05, 0.1) is 0 Å². The third-order valence-electron chi connectivity index (χ3n) is 2.97. The van der Waals surface area contributed by atoms with E-state index in [0.29, 0.717) is 5.41 Å². The van der Waals surface area contributed by atoms with Crippen LogP contribution in [0.3, 0.4) is 0 Å². The van der Waals surface area contributed by atoms with E-state index in [1.165, 1.54) is 38.5 Å². The van der Waals surface area contributed by atoms with Gasteiger partial charge >= 0.3 is 0 Å². The van der Waals surface area contributed by atoms with Gasteiger partial charge in [0.15, 0.2) is 0 Å². The van der Waals surface area contributed by atoms with Crippen LogP contribution in [0.15, 0.2) is 0 Å². The molecule has 0 heterocycles. The molecule has 92 valence electrons. The summed E-state index contributed by atoms with van der Waals surface area (Å²) < 4.78 is 0. The van der Waals surface area contributed by atoms with Crippen LogP contribution in [0.1, 0.15) is 59.3 Å². The van der Waals surface area contributed by atoms with Crippen molar-refractivity contribution in [3.05, 3.63) is 0 Å². The van der Waals surface area contributed by atoms with Gasteiger partial charge in [0.1, 0.15) is 0 Å². The van der Waals surface area contributed by atoms with E-state index < -0.39 is 0 Å². The zero-order valence-corrected chi connectivity index (χ0v) is 13.7. The van der Waals surface area contributed by atoms with E-state index in [-0.39, 0.29) is 0 Å².